The molecular weight excluding hydrogens is 502 g/mol. The molecule has 3 aromatic rings. The maximum Gasteiger partial charge on any atom is 0.253 e. The Hall–Kier alpha value is -2.87. The van der Waals surface area contributed by atoms with Gasteiger partial charge >= 0.3 is 0 Å². The molecule has 37 heavy (non-hydrogen) atoms. The van der Waals surface area contributed by atoms with Gasteiger partial charge in [-0.3, -0.25) is 9.69 Å². The topological polar surface area (TPSA) is 52.6 Å². The van der Waals surface area contributed by atoms with Crippen LogP contribution in [0.1, 0.15) is 35.3 Å². The fourth-order valence-corrected chi connectivity index (χ4v) is 5.31. The van der Waals surface area contributed by atoms with Crippen LogP contribution in [-0.2, 0) is 5.75 Å². The average molecular weight is 536 g/mol. The first-order chi connectivity index (χ1) is 18.1. The molecule has 1 amide bonds. The number of carbonyl (C=O) groups excluding carboxylic acids is 1. The minimum absolute atomic E-state index is 0.0979. The van der Waals surface area contributed by atoms with Crippen LogP contribution in [-0.4, -0.2) is 71.5 Å². The maximum absolute atomic E-state index is 13.0. The Morgan fingerprint density at radius 2 is 1.70 bits per heavy atom. The fourth-order valence-electron chi connectivity index (χ4n) is 4.27. The summed E-state index contributed by atoms with van der Waals surface area (Å²) in [5.74, 6) is 1.66. The fraction of sp³-hybridized carbons (Fsp3) is 0.345. The number of hydrogen-bond acceptors (Lipinski definition) is 6. The van der Waals surface area contributed by atoms with Crippen molar-refractivity contribution in [2.45, 2.75) is 24.8 Å². The predicted molar refractivity (Wildman–Crippen MR) is 154 cm³/mol. The number of thioether (sulfide) groups is 1. The van der Waals surface area contributed by atoms with Crippen molar-refractivity contribution in [1.29, 1.82) is 0 Å². The van der Waals surface area contributed by atoms with E-state index in [1.807, 2.05) is 47.4 Å². The van der Waals surface area contributed by atoms with E-state index in [-0.39, 0.29) is 5.91 Å². The van der Waals surface area contributed by atoms with E-state index in [2.05, 4.69) is 57.9 Å². The lowest BCUT2D eigenvalue weighted by atomic mass is 10.1. The van der Waals surface area contributed by atoms with E-state index < -0.39 is 0 Å². The van der Waals surface area contributed by atoms with Crippen LogP contribution in [0.4, 0.5) is 5.82 Å². The van der Waals surface area contributed by atoms with Crippen molar-refractivity contribution in [3.05, 3.63) is 88.6 Å². The number of piperazine rings is 1. The molecule has 0 N–H and O–H groups in total. The van der Waals surface area contributed by atoms with Crippen molar-refractivity contribution in [2.24, 2.45) is 0 Å². The van der Waals surface area contributed by atoms with Gasteiger partial charge in [0.05, 0.1) is 0 Å². The van der Waals surface area contributed by atoms with Gasteiger partial charge in [-0.05, 0) is 37.1 Å². The van der Waals surface area contributed by atoms with Crippen LogP contribution in [0.2, 0.25) is 5.15 Å². The van der Waals surface area contributed by atoms with E-state index in [1.54, 1.807) is 17.8 Å². The summed E-state index contributed by atoms with van der Waals surface area (Å²) in [6.45, 7) is 10.1. The summed E-state index contributed by atoms with van der Waals surface area (Å²) < 4.78 is 0. The Morgan fingerprint density at radius 1 is 1.00 bits per heavy atom. The smallest absolute Gasteiger partial charge is 0.253 e. The van der Waals surface area contributed by atoms with Gasteiger partial charge in [-0.1, -0.05) is 78.0 Å². The molecule has 0 bridgehead atoms. The lowest BCUT2D eigenvalue weighted by molar-refractivity contribution is 0.0650. The summed E-state index contributed by atoms with van der Waals surface area (Å²) in [4.78, 5) is 28.6. The number of benzene rings is 2. The molecule has 1 fully saturated rings. The molecule has 0 aliphatic carbocycles. The van der Waals surface area contributed by atoms with Gasteiger partial charge in [0, 0.05) is 63.2 Å². The van der Waals surface area contributed by atoms with E-state index >= 15 is 0 Å². The van der Waals surface area contributed by atoms with Crippen LogP contribution >= 0.6 is 23.4 Å². The Kier molecular flexibility index (Phi) is 9.99. The lowest BCUT2D eigenvalue weighted by Gasteiger charge is -2.34. The first-order valence-corrected chi connectivity index (χ1v) is 14.2. The number of amides is 1. The molecule has 0 spiro atoms. The number of aromatic nitrogens is 2. The van der Waals surface area contributed by atoms with Crippen molar-refractivity contribution in [2.75, 3.05) is 50.7 Å². The van der Waals surface area contributed by atoms with Crippen LogP contribution in [0, 0.1) is 0 Å². The SMILES string of the molecule is CCN(CC)c1cc(Cl)nc(SCc2ccc(C(=O)N3CCN(C/C=C/c4ccccc4)CC3)cc2)n1. The molecule has 0 radical (unpaired) electrons. The Bertz CT molecular complexity index is 1180. The molecule has 1 aliphatic heterocycles. The van der Waals surface area contributed by atoms with Crippen LogP contribution in [0.3, 0.4) is 0 Å². The lowest BCUT2D eigenvalue weighted by Crippen LogP contribution is -2.48. The van der Waals surface area contributed by atoms with E-state index in [4.69, 9.17) is 11.6 Å². The van der Waals surface area contributed by atoms with Crippen molar-refractivity contribution >= 4 is 41.2 Å². The summed E-state index contributed by atoms with van der Waals surface area (Å²) in [5, 5.41) is 1.11. The molecule has 1 aromatic heterocycles. The van der Waals surface area contributed by atoms with Crippen LogP contribution in [0.5, 0.6) is 0 Å². The Labute approximate surface area is 229 Å². The molecule has 2 aromatic carbocycles. The molecule has 1 aliphatic rings. The molecule has 2 heterocycles. The molecule has 4 rings (SSSR count). The molecule has 6 nitrogen and oxygen atoms in total. The van der Waals surface area contributed by atoms with Gasteiger partial charge in [-0.15, -0.1) is 0 Å². The highest BCUT2D eigenvalue weighted by Crippen LogP contribution is 2.25. The first kappa shape index (κ1) is 27.2. The summed E-state index contributed by atoms with van der Waals surface area (Å²) in [6, 6.07) is 20.0. The summed E-state index contributed by atoms with van der Waals surface area (Å²) in [6.07, 6.45) is 4.35. The highest BCUT2D eigenvalue weighted by atomic mass is 35.5. The van der Waals surface area contributed by atoms with Gasteiger partial charge in [0.15, 0.2) is 5.16 Å². The van der Waals surface area contributed by atoms with Crippen molar-refractivity contribution < 1.29 is 4.79 Å². The Balaban J connectivity index is 1.26. The minimum atomic E-state index is 0.0979. The van der Waals surface area contributed by atoms with Gasteiger partial charge in [-0.25, -0.2) is 9.97 Å². The zero-order valence-electron chi connectivity index (χ0n) is 21.5. The largest absolute Gasteiger partial charge is 0.357 e. The second kappa shape index (κ2) is 13.6. The van der Waals surface area contributed by atoms with Crippen LogP contribution in [0.25, 0.3) is 6.08 Å². The molecule has 194 valence electrons. The van der Waals surface area contributed by atoms with Crippen LogP contribution in [0.15, 0.2) is 71.9 Å². The first-order valence-electron chi connectivity index (χ1n) is 12.8. The molecule has 1 saturated heterocycles. The molecule has 8 heteroatoms. The molecular formula is C29H34ClN5OS. The van der Waals surface area contributed by atoms with Gasteiger partial charge in [0.1, 0.15) is 11.0 Å². The van der Waals surface area contributed by atoms with E-state index in [9.17, 15) is 4.79 Å². The molecule has 0 unspecified atom stereocenters. The highest BCUT2D eigenvalue weighted by molar-refractivity contribution is 7.98. The minimum Gasteiger partial charge on any atom is -0.357 e. The third-order valence-electron chi connectivity index (χ3n) is 6.45. The number of anilines is 1. The van der Waals surface area contributed by atoms with E-state index in [1.165, 1.54) is 5.56 Å². The van der Waals surface area contributed by atoms with Gasteiger partial charge in [-0.2, -0.15) is 0 Å². The number of rotatable bonds is 10. The van der Waals surface area contributed by atoms with Crippen LogP contribution < -0.4 is 4.90 Å². The van der Waals surface area contributed by atoms with Crippen molar-refractivity contribution in [1.82, 2.24) is 19.8 Å². The van der Waals surface area contributed by atoms with Gasteiger partial charge in [0.2, 0.25) is 0 Å². The quantitative estimate of drug-likeness (QED) is 0.187. The monoisotopic (exact) mass is 535 g/mol. The standard InChI is InChI=1S/C29H34ClN5OS/c1-3-34(4-2)27-21-26(30)31-29(32-27)37-22-24-12-14-25(15-13-24)28(36)35-19-17-33(18-20-35)16-8-11-23-9-6-5-7-10-23/h5-15,21H,3-4,16-20,22H2,1-2H3/b11-8+. The third kappa shape index (κ3) is 7.81. The van der Waals surface area contributed by atoms with Crippen molar-refractivity contribution in [3.63, 3.8) is 0 Å². The highest BCUT2D eigenvalue weighted by Gasteiger charge is 2.21. The summed E-state index contributed by atoms with van der Waals surface area (Å²) >= 11 is 7.79. The van der Waals surface area contributed by atoms with E-state index in [0.717, 1.165) is 62.8 Å². The number of nitrogens with zero attached hydrogens (tertiary/aromatic N) is 5. The predicted octanol–water partition coefficient (Wildman–Crippen LogP) is 5.74. The Morgan fingerprint density at radius 3 is 2.38 bits per heavy atom. The van der Waals surface area contributed by atoms with Crippen molar-refractivity contribution in [3.8, 4) is 0 Å². The molecule has 0 saturated carbocycles. The second-order valence-corrected chi connectivity index (χ2v) is 10.2. The number of hydrogen-bond donors (Lipinski definition) is 0. The second-order valence-electron chi connectivity index (χ2n) is 8.90. The van der Waals surface area contributed by atoms with Gasteiger partial charge in [0.25, 0.3) is 5.91 Å². The number of halogens is 1. The number of carbonyl (C=O) groups is 1. The zero-order chi connectivity index (χ0) is 26.0. The van der Waals surface area contributed by atoms with E-state index in [0.29, 0.717) is 16.1 Å². The zero-order valence-corrected chi connectivity index (χ0v) is 23.1. The normalized spacial score (nSPS) is 14.3. The summed E-state index contributed by atoms with van der Waals surface area (Å²) in [5.41, 5.74) is 3.06. The molecule has 0 atom stereocenters. The third-order valence-corrected chi connectivity index (χ3v) is 7.56. The average Bonchev–Trinajstić information content (AvgIpc) is 2.93. The summed E-state index contributed by atoms with van der Waals surface area (Å²) in [7, 11) is 0. The van der Waals surface area contributed by atoms with Gasteiger partial charge < -0.3 is 9.80 Å². The maximum atomic E-state index is 13.0.